The van der Waals surface area contributed by atoms with Crippen molar-refractivity contribution in [1.82, 2.24) is 15.0 Å². The second kappa shape index (κ2) is 6.45. The number of rotatable bonds is 5. The average molecular weight is 315 g/mol. The summed E-state index contributed by atoms with van der Waals surface area (Å²) < 4.78 is 0. The summed E-state index contributed by atoms with van der Waals surface area (Å²) in [6, 6.07) is 6.22. The van der Waals surface area contributed by atoms with Gasteiger partial charge in [-0.2, -0.15) is 0 Å². The molecule has 0 unspecified atom stereocenters. The maximum atomic E-state index is 4.79. The number of nitrogens with one attached hydrogen (secondary N) is 1. The summed E-state index contributed by atoms with van der Waals surface area (Å²) in [5.41, 5.74) is 4.51. The number of thioether (sulfide) groups is 1. The number of aromatic amines is 1. The highest BCUT2D eigenvalue weighted by Gasteiger charge is 2.15. The van der Waals surface area contributed by atoms with Crippen LogP contribution in [-0.2, 0) is 0 Å². The van der Waals surface area contributed by atoms with Gasteiger partial charge in [0.1, 0.15) is 0 Å². The summed E-state index contributed by atoms with van der Waals surface area (Å²) in [5, 5.41) is 3.16. The Labute approximate surface area is 132 Å². The van der Waals surface area contributed by atoms with E-state index in [1.54, 1.807) is 23.1 Å². The van der Waals surface area contributed by atoms with E-state index in [9.17, 15) is 0 Å². The van der Waals surface area contributed by atoms with Crippen molar-refractivity contribution in [1.29, 1.82) is 0 Å². The molecule has 0 saturated heterocycles. The molecule has 3 heterocycles. The Morgan fingerprint density at radius 3 is 2.76 bits per heavy atom. The fourth-order valence-corrected chi connectivity index (χ4v) is 3.71. The van der Waals surface area contributed by atoms with Crippen LogP contribution in [0.1, 0.15) is 18.9 Å². The first kappa shape index (κ1) is 14.4. The van der Waals surface area contributed by atoms with Crippen LogP contribution in [0.4, 0.5) is 0 Å². The Hall–Kier alpha value is -1.59. The van der Waals surface area contributed by atoms with Crippen LogP contribution in [0.2, 0.25) is 0 Å². The van der Waals surface area contributed by atoms with E-state index < -0.39 is 0 Å². The predicted molar refractivity (Wildman–Crippen MR) is 90.9 cm³/mol. The van der Waals surface area contributed by atoms with Crippen LogP contribution in [0.5, 0.6) is 0 Å². The average Bonchev–Trinajstić information content (AvgIpc) is 3.12. The van der Waals surface area contributed by atoms with Crippen LogP contribution >= 0.6 is 23.1 Å². The van der Waals surface area contributed by atoms with Gasteiger partial charge in [-0.15, -0.1) is 11.3 Å². The molecule has 3 aromatic heterocycles. The summed E-state index contributed by atoms with van der Waals surface area (Å²) in [7, 11) is 0. The molecule has 0 aliphatic heterocycles. The summed E-state index contributed by atoms with van der Waals surface area (Å²) in [5.74, 6) is 1.08. The Morgan fingerprint density at radius 2 is 2.10 bits per heavy atom. The third kappa shape index (κ3) is 3.19. The third-order valence-electron chi connectivity index (χ3n) is 3.06. The molecule has 3 aromatic rings. The standard InChI is InChI=1S/C16H17N3S2/c1-3-8-20-16-18-14(12-4-6-17-7-5-12)15(19-16)13-9-11(2)10-21-13/h4-7,9-10H,3,8H2,1-2H3,(H,18,19). The first-order chi connectivity index (χ1) is 10.3. The molecule has 0 aliphatic carbocycles. The number of pyridine rings is 1. The second-order valence-electron chi connectivity index (χ2n) is 4.84. The second-order valence-corrected chi connectivity index (χ2v) is 6.83. The zero-order chi connectivity index (χ0) is 14.7. The highest BCUT2D eigenvalue weighted by atomic mass is 32.2. The number of aryl methyl sites for hydroxylation is 1. The smallest absolute Gasteiger partial charge is 0.166 e. The molecule has 0 amide bonds. The molecule has 0 bridgehead atoms. The van der Waals surface area contributed by atoms with Gasteiger partial charge in [0.05, 0.1) is 16.3 Å². The van der Waals surface area contributed by atoms with Crippen LogP contribution in [0.3, 0.4) is 0 Å². The monoisotopic (exact) mass is 315 g/mol. The van der Waals surface area contributed by atoms with Gasteiger partial charge in [-0.05, 0) is 42.5 Å². The number of nitrogens with zero attached hydrogens (tertiary/aromatic N) is 2. The Bertz CT molecular complexity index is 716. The molecule has 3 nitrogen and oxygen atoms in total. The fraction of sp³-hybridized carbons (Fsp3) is 0.250. The lowest BCUT2D eigenvalue weighted by Crippen LogP contribution is -1.82. The van der Waals surface area contributed by atoms with E-state index in [1.807, 2.05) is 24.5 Å². The Balaban J connectivity index is 2.06. The number of hydrogen-bond acceptors (Lipinski definition) is 4. The van der Waals surface area contributed by atoms with Crippen LogP contribution in [0.15, 0.2) is 41.1 Å². The number of thiophene rings is 1. The Morgan fingerprint density at radius 1 is 1.29 bits per heavy atom. The van der Waals surface area contributed by atoms with Crippen molar-refractivity contribution in [3.8, 4) is 21.8 Å². The number of imidazole rings is 1. The number of H-pyrrole nitrogens is 1. The molecular formula is C16H17N3S2. The highest BCUT2D eigenvalue weighted by molar-refractivity contribution is 7.99. The molecule has 0 saturated carbocycles. The van der Waals surface area contributed by atoms with Crippen molar-refractivity contribution >= 4 is 23.1 Å². The molecule has 0 atom stereocenters. The molecule has 1 N–H and O–H groups in total. The minimum Gasteiger partial charge on any atom is -0.332 e. The molecule has 0 aliphatic rings. The molecule has 0 fully saturated rings. The van der Waals surface area contributed by atoms with E-state index in [2.05, 4.69) is 35.3 Å². The SMILES string of the molecule is CCCSc1nc(-c2ccncc2)c(-c2cc(C)cs2)[nH]1. The van der Waals surface area contributed by atoms with E-state index in [0.29, 0.717) is 0 Å². The summed E-state index contributed by atoms with van der Waals surface area (Å²) in [6.07, 6.45) is 4.77. The topological polar surface area (TPSA) is 41.6 Å². The maximum Gasteiger partial charge on any atom is 0.166 e. The normalized spacial score (nSPS) is 11.0. The van der Waals surface area contributed by atoms with Crippen LogP contribution in [0.25, 0.3) is 21.8 Å². The molecule has 0 spiro atoms. The van der Waals surface area contributed by atoms with Crippen molar-refractivity contribution < 1.29 is 0 Å². The molecule has 0 radical (unpaired) electrons. The minimum atomic E-state index is 0.990. The molecule has 108 valence electrons. The quantitative estimate of drug-likeness (QED) is 0.673. The van der Waals surface area contributed by atoms with Crippen molar-refractivity contribution in [2.45, 2.75) is 25.4 Å². The van der Waals surface area contributed by atoms with Crippen molar-refractivity contribution in [2.75, 3.05) is 5.75 Å². The number of aromatic nitrogens is 3. The van der Waals surface area contributed by atoms with E-state index in [0.717, 1.165) is 34.3 Å². The van der Waals surface area contributed by atoms with E-state index in [-0.39, 0.29) is 0 Å². The summed E-state index contributed by atoms with van der Waals surface area (Å²) in [6.45, 7) is 4.30. The van der Waals surface area contributed by atoms with E-state index in [1.165, 1.54) is 10.4 Å². The zero-order valence-corrected chi connectivity index (χ0v) is 13.7. The lowest BCUT2D eigenvalue weighted by Gasteiger charge is -1.99. The lowest BCUT2D eigenvalue weighted by atomic mass is 10.1. The van der Waals surface area contributed by atoms with E-state index in [4.69, 9.17) is 4.98 Å². The van der Waals surface area contributed by atoms with Crippen molar-refractivity contribution in [3.05, 3.63) is 41.5 Å². The van der Waals surface area contributed by atoms with Crippen molar-refractivity contribution in [3.63, 3.8) is 0 Å². The Kier molecular flexibility index (Phi) is 4.41. The van der Waals surface area contributed by atoms with Gasteiger partial charge in [0, 0.05) is 23.7 Å². The van der Waals surface area contributed by atoms with Crippen molar-refractivity contribution in [2.24, 2.45) is 0 Å². The maximum absolute atomic E-state index is 4.79. The van der Waals surface area contributed by atoms with Gasteiger partial charge in [0.15, 0.2) is 5.16 Å². The van der Waals surface area contributed by atoms with Gasteiger partial charge >= 0.3 is 0 Å². The summed E-state index contributed by atoms with van der Waals surface area (Å²) in [4.78, 5) is 13.6. The zero-order valence-electron chi connectivity index (χ0n) is 12.1. The number of hydrogen-bond donors (Lipinski definition) is 1. The third-order valence-corrected chi connectivity index (χ3v) is 5.20. The largest absolute Gasteiger partial charge is 0.332 e. The van der Waals surface area contributed by atoms with Crippen LogP contribution < -0.4 is 0 Å². The molecule has 5 heteroatoms. The highest BCUT2D eigenvalue weighted by Crippen LogP contribution is 2.35. The predicted octanol–water partition coefficient (Wildman–Crippen LogP) is 5.01. The van der Waals surface area contributed by atoms with Crippen LogP contribution in [0, 0.1) is 6.92 Å². The molecule has 21 heavy (non-hydrogen) atoms. The molecule has 3 rings (SSSR count). The van der Waals surface area contributed by atoms with Gasteiger partial charge in [-0.1, -0.05) is 18.7 Å². The van der Waals surface area contributed by atoms with Gasteiger partial charge < -0.3 is 4.98 Å². The van der Waals surface area contributed by atoms with Gasteiger partial charge in [-0.25, -0.2) is 4.98 Å². The minimum absolute atomic E-state index is 0.990. The lowest BCUT2D eigenvalue weighted by molar-refractivity contribution is 1.04. The van der Waals surface area contributed by atoms with Gasteiger partial charge in [-0.3, -0.25) is 4.98 Å². The van der Waals surface area contributed by atoms with Crippen LogP contribution in [-0.4, -0.2) is 20.7 Å². The first-order valence-electron chi connectivity index (χ1n) is 6.96. The first-order valence-corrected chi connectivity index (χ1v) is 8.83. The van der Waals surface area contributed by atoms with Gasteiger partial charge in [0.2, 0.25) is 0 Å². The van der Waals surface area contributed by atoms with Gasteiger partial charge in [0.25, 0.3) is 0 Å². The fourth-order valence-electron chi connectivity index (χ4n) is 2.08. The summed E-state index contributed by atoms with van der Waals surface area (Å²) >= 11 is 3.53. The molecular weight excluding hydrogens is 298 g/mol. The van der Waals surface area contributed by atoms with E-state index >= 15 is 0 Å². The molecule has 0 aromatic carbocycles.